The van der Waals surface area contributed by atoms with Gasteiger partial charge in [0.15, 0.2) is 11.5 Å². The van der Waals surface area contributed by atoms with Crippen LogP contribution >= 0.6 is 0 Å². The quantitative estimate of drug-likeness (QED) is 0.779. The Balaban J connectivity index is 1.64. The first kappa shape index (κ1) is 16.1. The van der Waals surface area contributed by atoms with E-state index in [2.05, 4.69) is 10.5 Å². The Morgan fingerprint density at radius 2 is 2.04 bits per heavy atom. The van der Waals surface area contributed by atoms with Crippen molar-refractivity contribution in [2.24, 2.45) is 0 Å². The van der Waals surface area contributed by atoms with Crippen molar-refractivity contribution in [1.82, 2.24) is 15.4 Å². The van der Waals surface area contributed by atoms with Crippen LogP contribution in [-0.4, -0.2) is 35.0 Å². The van der Waals surface area contributed by atoms with Gasteiger partial charge in [0.25, 0.3) is 5.91 Å². The van der Waals surface area contributed by atoms with Gasteiger partial charge < -0.3 is 19.2 Å². The third kappa shape index (κ3) is 2.85. The summed E-state index contributed by atoms with van der Waals surface area (Å²) < 4.78 is 23.6. The number of amides is 2. The minimum atomic E-state index is -0.861. The smallest absolute Gasteiger partial charge is 0.277 e. The van der Waals surface area contributed by atoms with Gasteiger partial charge in [-0.15, -0.1) is 0 Å². The summed E-state index contributed by atoms with van der Waals surface area (Å²) in [4.78, 5) is 26.7. The summed E-state index contributed by atoms with van der Waals surface area (Å²) in [6.07, 6.45) is 1.49. The molecular weight excluding hydrogens is 341 g/mol. The normalized spacial score (nSPS) is 17.2. The predicted molar refractivity (Wildman–Crippen MR) is 87.4 cm³/mol. The molecule has 1 N–H and O–H groups in total. The van der Waals surface area contributed by atoms with Gasteiger partial charge in [-0.3, -0.25) is 9.59 Å². The van der Waals surface area contributed by atoms with Crippen molar-refractivity contribution < 1.29 is 22.9 Å². The maximum atomic E-state index is 13.2. The summed E-state index contributed by atoms with van der Waals surface area (Å²) in [6.45, 7) is 0.626. The highest BCUT2D eigenvalue weighted by atomic mass is 19.1. The summed E-state index contributed by atoms with van der Waals surface area (Å²) in [5, 5.41) is 6.52. The molecule has 8 heteroatoms. The molecule has 26 heavy (non-hydrogen) atoms. The van der Waals surface area contributed by atoms with E-state index in [1.165, 1.54) is 41.5 Å². The summed E-state index contributed by atoms with van der Waals surface area (Å²) in [5.41, 5.74) is 0.588. The molecule has 1 aromatic carbocycles. The van der Waals surface area contributed by atoms with Gasteiger partial charge in [-0.1, -0.05) is 17.3 Å². The van der Waals surface area contributed by atoms with Crippen LogP contribution in [0.5, 0.6) is 0 Å². The van der Waals surface area contributed by atoms with Crippen LogP contribution in [0.3, 0.4) is 0 Å². The SMILES string of the molecule is O=C1NCCN(C(=O)c2cc(-c3ccco3)on2)C1c1ccc(F)cc1. The number of nitrogens with one attached hydrogen (secondary N) is 1. The summed E-state index contributed by atoms with van der Waals surface area (Å²) >= 11 is 0. The molecular formula is C18H14FN3O4. The monoisotopic (exact) mass is 355 g/mol. The molecule has 2 amide bonds. The average molecular weight is 355 g/mol. The van der Waals surface area contributed by atoms with E-state index >= 15 is 0 Å². The first-order valence-electron chi connectivity index (χ1n) is 7.98. The van der Waals surface area contributed by atoms with E-state index in [4.69, 9.17) is 8.94 Å². The van der Waals surface area contributed by atoms with Crippen LogP contribution < -0.4 is 5.32 Å². The Hall–Kier alpha value is -3.42. The fourth-order valence-corrected chi connectivity index (χ4v) is 2.92. The van der Waals surface area contributed by atoms with Crippen LogP contribution in [0.4, 0.5) is 4.39 Å². The Labute approximate surface area is 147 Å². The van der Waals surface area contributed by atoms with Crippen LogP contribution in [0.1, 0.15) is 22.1 Å². The topological polar surface area (TPSA) is 88.6 Å². The Kier molecular flexibility index (Phi) is 4.00. The Morgan fingerprint density at radius 3 is 2.77 bits per heavy atom. The zero-order valence-corrected chi connectivity index (χ0v) is 13.5. The molecule has 3 aromatic rings. The van der Waals surface area contributed by atoms with Crippen LogP contribution in [0.25, 0.3) is 11.5 Å². The Morgan fingerprint density at radius 1 is 1.23 bits per heavy atom. The third-order valence-corrected chi connectivity index (χ3v) is 4.15. The fraction of sp³-hybridized carbons (Fsp3) is 0.167. The van der Waals surface area contributed by atoms with Crippen molar-refractivity contribution in [2.45, 2.75) is 6.04 Å². The van der Waals surface area contributed by atoms with Crippen LogP contribution in [0, 0.1) is 5.82 Å². The molecule has 1 saturated heterocycles. The van der Waals surface area contributed by atoms with E-state index in [0.717, 1.165) is 0 Å². The minimum absolute atomic E-state index is 0.0678. The van der Waals surface area contributed by atoms with E-state index < -0.39 is 17.8 Å². The molecule has 7 nitrogen and oxygen atoms in total. The highest BCUT2D eigenvalue weighted by molar-refractivity contribution is 5.97. The van der Waals surface area contributed by atoms with E-state index in [-0.39, 0.29) is 11.6 Å². The van der Waals surface area contributed by atoms with Gasteiger partial charge in [-0.25, -0.2) is 4.39 Å². The number of nitrogens with zero attached hydrogens (tertiary/aromatic N) is 2. The maximum Gasteiger partial charge on any atom is 0.277 e. The molecule has 0 saturated carbocycles. The second-order valence-corrected chi connectivity index (χ2v) is 5.80. The number of aromatic nitrogens is 1. The van der Waals surface area contributed by atoms with E-state index in [9.17, 15) is 14.0 Å². The highest BCUT2D eigenvalue weighted by Crippen LogP contribution is 2.27. The number of halogens is 1. The third-order valence-electron chi connectivity index (χ3n) is 4.15. The number of benzene rings is 1. The van der Waals surface area contributed by atoms with Gasteiger partial charge in [-0.05, 0) is 29.8 Å². The first-order chi connectivity index (χ1) is 12.6. The molecule has 1 fully saturated rings. The number of carbonyl (C=O) groups excluding carboxylic acids is 2. The van der Waals surface area contributed by atoms with Gasteiger partial charge in [0.1, 0.15) is 11.9 Å². The lowest BCUT2D eigenvalue weighted by molar-refractivity contribution is -0.128. The van der Waals surface area contributed by atoms with E-state index in [0.29, 0.717) is 30.2 Å². The number of piperazine rings is 1. The highest BCUT2D eigenvalue weighted by Gasteiger charge is 2.36. The van der Waals surface area contributed by atoms with Crippen LogP contribution in [0.15, 0.2) is 57.7 Å². The number of carbonyl (C=O) groups is 2. The zero-order chi connectivity index (χ0) is 18.1. The predicted octanol–water partition coefficient (Wildman–Crippen LogP) is 2.39. The van der Waals surface area contributed by atoms with Crippen LogP contribution in [0.2, 0.25) is 0 Å². The first-order valence-corrected chi connectivity index (χ1v) is 7.98. The van der Waals surface area contributed by atoms with Gasteiger partial charge >= 0.3 is 0 Å². The standard InChI is InChI=1S/C18H14FN3O4/c19-12-5-3-11(4-6-12)16-17(23)20-7-8-22(16)18(24)13-10-15(26-21-13)14-2-1-9-25-14/h1-6,9-10,16H,7-8H2,(H,20,23). The Bertz CT molecular complexity index is 934. The zero-order valence-electron chi connectivity index (χ0n) is 13.5. The molecule has 132 valence electrons. The van der Waals surface area contributed by atoms with Crippen molar-refractivity contribution in [3.8, 4) is 11.5 Å². The van der Waals surface area contributed by atoms with Crippen LogP contribution in [-0.2, 0) is 4.79 Å². The van der Waals surface area contributed by atoms with Gasteiger partial charge in [-0.2, -0.15) is 0 Å². The summed E-state index contributed by atoms with van der Waals surface area (Å²) in [6, 6.07) is 9.47. The maximum absolute atomic E-state index is 13.2. The minimum Gasteiger partial charge on any atom is -0.461 e. The van der Waals surface area contributed by atoms with Crippen molar-refractivity contribution in [2.75, 3.05) is 13.1 Å². The van der Waals surface area contributed by atoms with E-state index in [1.54, 1.807) is 12.1 Å². The molecule has 1 atom stereocenters. The second-order valence-electron chi connectivity index (χ2n) is 5.80. The molecule has 1 aliphatic rings. The second kappa shape index (κ2) is 6.47. The lowest BCUT2D eigenvalue weighted by atomic mass is 10.0. The summed E-state index contributed by atoms with van der Waals surface area (Å²) in [5.74, 6) is -0.426. The lowest BCUT2D eigenvalue weighted by Crippen LogP contribution is -2.52. The molecule has 2 aromatic heterocycles. The average Bonchev–Trinajstić information content (AvgIpc) is 3.33. The van der Waals surface area contributed by atoms with Gasteiger partial charge in [0.2, 0.25) is 11.7 Å². The van der Waals surface area contributed by atoms with Crippen molar-refractivity contribution in [1.29, 1.82) is 0 Å². The lowest BCUT2D eigenvalue weighted by Gasteiger charge is -2.34. The van der Waals surface area contributed by atoms with Crippen molar-refractivity contribution in [3.05, 3.63) is 65.8 Å². The van der Waals surface area contributed by atoms with Gasteiger partial charge in [0, 0.05) is 19.2 Å². The largest absolute Gasteiger partial charge is 0.461 e. The van der Waals surface area contributed by atoms with Gasteiger partial charge in [0.05, 0.1) is 6.26 Å². The fourth-order valence-electron chi connectivity index (χ4n) is 2.92. The summed E-state index contributed by atoms with van der Waals surface area (Å²) in [7, 11) is 0. The van der Waals surface area contributed by atoms with Crippen molar-refractivity contribution in [3.63, 3.8) is 0 Å². The molecule has 0 aliphatic carbocycles. The van der Waals surface area contributed by atoms with Crippen molar-refractivity contribution >= 4 is 11.8 Å². The number of hydrogen-bond donors (Lipinski definition) is 1. The molecule has 1 unspecified atom stereocenters. The molecule has 1 aliphatic heterocycles. The molecule has 4 rings (SSSR count). The number of rotatable bonds is 3. The number of hydrogen-bond acceptors (Lipinski definition) is 5. The molecule has 0 spiro atoms. The number of furan rings is 1. The molecule has 3 heterocycles. The van der Waals surface area contributed by atoms with E-state index in [1.807, 2.05) is 0 Å². The molecule has 0 bridgehead atoms. The molecule has 0 radical (unpaired) electrons.